The number of nitrogens with zero attached hydrogens (tertiary/aromatic N) is 4. The summed E-state index contributed by atoms with van der Waals surface area (Å²) in [7, 11) is 0. The molecular formula is C12H16N6O6. The zero-order chi connectivity index (χ0) is 17.4. The Hall–Kier alpha value is -2.54. The molecule has 24 heavy (non-hydrogen) atoms. The third kappa shape index (κ3) is 2.71. The number of imidazole rings is 1. The highest BCUT2D eigenvalue weighted by Crippen LogP contribution is 2.32. The molecule has 0 aliphatic carbocycles. The molecule has 2 aromatic rings. The Balaban J connectivity index is 2.00. The van der Waals surface area contributed by atoms with E-state index in [4.69, 9.17) is 20.7 Å². The number of fused-ring (bicyclic) bond motifs is 1. The Kier molecular flexibility index (Phi) is 4.19. The third-order valence-corrected chi connectivity index (χ3v) is 3.64. The number of nitrogens with one attached hydrogen (secondary N) is 1. The lowest BCUT2D eigenvalue weighted by atomic mass is 10.1. The summed E-state index contributed by atoms with van der Waals surface area (Å²) in [6, 6.07) is 0. The fourth-order valence-electron chi connectivity index (χ4n) is 2.51. The van der Waals surface area contributed by atoms with Crippen molar-refractivity contribution in [1.82, 2.24) is 19.5 Å². The summed E-state index contributed by atoms with van der Waals surface area (Å²) < 4.78 is 6.76. The number of aromatic nitrogens is 4. The molecule has 12 nitrogen and oxygen atoms in total. The molecule has 7 N–H and O–H groups in total. The minimum atomic E-state index is -1.31. The molecule has 12 heteroatoms. The normalized spacial score (nSPS) is 26.8. The zero-order valence-corrected chi connectivity index (χ0v) is 12.3. The molecule has 4 atom stereocenters. The first kappa shape index (κ1) is 16.3. The largest absolute Gasteiger partial charge is 0.480 e. The molecule has 130 valence electrons. The van der Waals surface area contributed by atoms with Gasteiger partial charge in [0.2, 0.25) is 5.95 Å². The minimum Gasteiger partial charge on any atom is -0.480 e. The average Bonchev–Trinajstić information content (AvgIpc) is 3.07. The van der Waals surface area contributed by atoms with Gasteiger partial charge in [-0.1, -0.05) is 0 Å². The molecule has 0 saturated carbocycles. The highest BCUT2D eigenvalue weighted by atomic mass is 16.6. The number of anilines is 2. The van der Waals surface area contributed by atoms with Crippen LogP contribution >= 0.6 is 0 Å². The van der Waals surface area contributed by atoms with Gasteiger partial charge in [0.1, 0.15) is 24.9 Å². The van der Waals surface area contributed by atoms with Crippen LogP contribution in [0.15, 0.2) is 6.33 Å². The summed E-state index contributed by atoms with van der Waals surface area (Å²) in [6.07, 6.45) is -3.28. The molecular weight excluding hydrogens is 324 g/mol. The lowest BCUT2D eigenvalue weighted by Crippen LogP contribution is -2.33. The van der Waals surface area contributed by atoms with Gasteiger partial charge in [-0.05, 0) is 0 Å². The molecule has 1 aliphatic heterocycles. The van der Waals surface area contributed by atoms with Gasteiger partial charge in [-0.3, -0.25) is 9.36 Å². The van der Waals surface area contributed by atoms with Crippen LogP contribution in [0, 0.1) is 0 Å². The first-order chi connectivity index (χ1) is 11.4. The standard InChI is InChI=1S/C12H16N6O6/c13-12-16-9(14-1-5(20)21)6-10(17-12)18(3-15-6)11-8(23)7(22)4(2-19)24-11/h3-4,7-8,11,19,22-23H,1-2H2,(H,20,21)(H3,13,14,16,17)/t4-,7+,8-,11-/m0/s1. The molecule has 0 bridgehead atoms. The zero-order valence-electron chi connectivity index (χ0n) is 12.3. The summed E-state index contributed by atoms with van der Waals surface area (Å²) in [5, 5.41) is 40.4. The van der Waals surface area contributed by atoms with E-state index in [0.29, 0.717) is 0 Å². The smallest absolute Gasteiger partial charge is 0.322 e. The Morgan fingerprint density at radius 3 is 2.75 bits per heavy atom. The molecule has 1 saturated heterocycles. The second-order valence-corrected chi connectivity index (χ2v) is 5.23. The van der Waals surface area contributed by atoms with E-state index in [1.54, 1.807) is 0 Å². The predicted molar refractivity (Wildman–Crippen MR) is 78.9 cm³/mol. The summed E-state index contributed by atoms with van der Waals surface area (Å²) in [5.74, 6) is -1.11. The molecule has 3 rings (SSSR count). The van der Waals surface area contributed by atoms with Gasteiger partial charge in [-0.15, -0.1) is 0 Å². The van der Waals surface area contributed by atoms with Gasteiger partial charge in [0.15, 0.2) is 23.2 Å². The van der Waals surface area contributed by atoms with Gasteiger partial charge in [0.05, 0.1) is 12.9 Å². The highest BCUT2D eigenvalue weighted by Gasteiger charge is 2.44. The Labute approximate surface area is 134 Å². The molecule has 0 unspecified atom stereocenters. The number of hydrogen-bond acceptors (Lipinski definition) is 10. The van der Waals surface area contributed by atoms with Crippen LogP contribution in [-0.4, -0.2) is 77.4 Å². The van der Waals surface area contributed by atoms with Gasteiger partial charge >= 0.3 is 5.97 Å². The highest BCUT2D eigenvalue weighted by molar-refractivity contribution is 5.86. The number of nitrogen functional groups attached to an aromatic ring is 1. The lowest BCUT2D eigenvalue weighted by molar-refractivity contribution is -0.134. The number of hydrogen-bond donors (Lipinski definition) is 6. The van der Waals surface area contributed by atoms with Crippen LogP contribution < -0.4 is 11.1 Å². The van der Waals surface area contributed by atoms with Crippen molar-refractivity contribution < 1.29 is 30.0 Å². The fourth-order valence-corrected chi connectivity index (χ4v) is 2.51. The number of carboxylic acids is 1. The van der Waals surface area contributed by atoms with Crippen molar-refractivity contribution in [2.45, 2.75) is 24.5 Å². The van der Waals surface area contributed by atoms with Crippen molar-refractivity contribution in [1.29, 1.82) is 0 Å². The minimum absolute atomic E-state index is 0.116. The molecule has 0 amide bonds. The second-order valence-electron chi connectivity index (χ2n) is 5.23. The van der Waals surface area contributed by atoms with E-state index in [-0.39, 0.29) is 22.9 Å². The van der Waals surface area contributed by atoms with Gasteiger partial charge in [0.25, 0.3) is 0 Å². The maximum Gasteiger partial charge on any atom is 0.322 e. The quantitative estimate of drug-likeness (QED) is 0.338. The van der Waals surface area contributed by atoms with Crippen LogP contribution in [0.3, 0.4) is 0 Å². The van der Waals surface area contributed by atoms with E-state index < -0.39 is 43.7 Å². The molecule has 1 fully saturated rings. The van der Waals surface area contributed by atoms with Crippen molar-refractivity contribution in [3.63, 3.8) is 0 Å². The average molecular weight is 340 g/mol. The molecule has 0 radical (unpaired) electrons. The van der Waals surface area contributed by atoms with Gasteiger partial charge in [0, 0.05) is 0 Å². The van der Waals surface area contributed by atoms with Gasteiger partial charge in [-0.25, -0.2) is 4.98 Å². The number of rotatable bonds is 5. The number of carboxylic acid groups (broad SMARTS) is 1. The molecule has 0 aromatic carbocycles. The number of carbonyl (C=O) groups is 1. The Morgan fingerprint density at radius 2 is 2.12 bits per heavy atom. The Bertz CT molecular complexity index is 766. The number of aliphatic carboxylic acids is 1. The van der Waals surface area contributed by atoms with Crippen LogP contribution in [-0.2, 0) is 9.53 Å². The number of aliphatic hydroxyl groups is 3. The number of aliphatic hydroxyl groups excluding tert-OH is 3. The number of ether oxygens (including phenoxy) is 1. The van der Waals surface area contributed by atoms with Crippen LogP contribution in [0.4, 0.5) is 11.8 Å². The Morgan fingerprint density at radius 1 is 1.38 bits per heavy atom. The monoisotopic (exact) mass is 340 g/mol. The van der Waals surface area contributed by atoms with Crippen molar-refractivity contribution in [3.05, 3.63) is 6.33 Å². The van der Waals surface area contributed by atoms with Crippen molar-refractivity contribution in [2.24, 2.45) is 0 Å². The van der Waals surface area contributed by atoms with Crippen molar-refractivity contribution >= 4 is 28.9 Å². The second kappa shape index (κ2) is 6.16. The van der Waals surface area contributed by atoms with Crippen molar-refractivity contribution in [3.8, 4) is 0 Å². The molecule has 2 aromatic heterocycles. The maximum absolute atomic E-state index is 10.7. The van der Waals surface area contributed by atoms with E-state index in [0.717, 1.165) is 0 Å². The van der Waals surface area contributed by atoms with E-state index in [1.807, 2.05) is 0 Å². The van der Waals surface area contributed by atoms with E-state index >= 15 is 0 Å². The molecule has 0 spiro atoms. The van der Waals surface area contributed by atoms with Gasteiger partial charge < -0.3 is 36.2 Å². The predicted octanol–water partition coefficient (Wildman–Crippen LogP) is -2.48. The van der Waals surface area contributed by atoms with E-state index in [2.05, 4.69) is 20.3 Å². The molecule has 1 aliphatic rings. The SMILES string of the molecule is Nc1nc(NCC(=O)O)c2ncn([C@H]3O[C@@H](CO)[C@@H](O)[C@@H]3O)c2n1. The summed E-state index contributed by atoms with van der Waals surface area (Å²) in [5.41, 5.74) is 6.04. The fraction of sp³-hybridized carbons (Fsp3) is 0.500. The van der Waals surface area contributed by atoms with Crippen LogP contribution in [0.5, 0.6) is 0 Å². The van der Waals surface area contributed by atoms with Gasteiger partial charge in [-0.2, -0.15) is 9.97 Å². The number of nitrogens with two attached hydrogens (primary N) is 1. The van der Waals surface area contributed by atoms with E-state index in [9.17, 15) is 15.0 Å². The topological polar surface area (TPSA) is 189 Å². The van der Waals surface area contributed by atoms with Crippen LogP contribution in [0.2, 0.25) is 0 Å². The summed E-state index contributed by atoms with van der Waals surface area (Å²) in [6.45, 7) is -0.865. The van der Waals surface area contributed by atoms with Crippen LogP contribution in [0.1, 0.15) is 6.23 Å². The van der Waals surface area contributed by atoms with Crippen LogP contribution in [0.25, 0.3) is 11.2 Å². The third-order valence-electron chi connectivity index (χ3n) is 3.64. The summed E-state index contributed by atoms with van der Waals surface area (Å²) >= 11 is 0. The molecule has 3 heterocycles. The first-order valence-corrected chi connectivity index (χ1v) is 7.00. The van der Waals surface area contributed by atoms with Crippen molar-refractivity contribution in [2.75, 3.05) is 24.2 Å². The lowest BCUT2D eigenvalue weighted by Gasteiger charge is -2.16. The van der Waals surface area contributed by atoms with E-state index in [1.165, 1.54) is 10.9 Å². The maximum atomic E-state index is 10.7. The first-order valence-electron chi connectivity index (χ1n) is 7.00. The summed E-state index contributed by atoms with van der Waals surface area (Å²) in [4.78, 5) is 22.7.